The van der Waals surface area contributed by atoms with E-state index >= 15 is 0 Å². The maximum atomic E-state index is 13.2. The molecule has 1 heterocycles. The van der Waals surface area contributed by atoms with E-state index in [0.29, 0.717) is 28.8 Å². The Balaban J connectivity index is 2.02. The van der Waals surface area contributed by atoms with Crippen molar-refractivity contribution in [2.75, 3.05) is 18.6 Å². The summed E-state index contributed by atoms with van der Waals surface area (Å²) >= 11 is 6.08. The van der Waals surface area contributed by atoms with Crippen molar-refractivity contribution < 1.29 is 19.1 Å². The van der Waals surface area contributed by atoms with E-state index in [-0.39, 0.29) is 17.1 Å². The van der Waals surface area contributed by atoms with Gasteiger partial charge in [-0.25, -0.2) is 4.79 Å². The minimum atomic E-state index is -0.572. The van der Waals surface area contributed by atoms with Crippen molar-refractivity contribution in [2.45, 2.75) is 6.92 Å². The number of benzene rings is 2. The number of hydrogen-bond donors (Lipinski definition) is 0. The van der Waals surface area contributed by atoms with E-state index in [1.807, 2.05) is 12.1 Å². The molecule has 1 amide bonds. The van der Waals surface area contributed by atoms with Crippen molar-refractivity contribution in [1.29, 1.82) is 0 Å². The van der Waals surface area contributed by atoms with Crippen molar-refractivity contribution in [3.05, 3.63) is 88.6 Å². The van der Waals surface area contributed by atoms with E-state index < -0.39 is 5.97 Å². The van der Waals surface area contributed by atoms with Gasteiger partial charge in [-0.2, -0.15) is 0 Å². The molecule has 2 aromatic rings. The van der Waals surface area contributed by atoms with Gasteiger partial charge in [-0.15, -0.1) is 0 Å². The van der Waals surface area contributed by atoms with Crippen LogP contribution >= 0.6 is 11.6 Å². The molecule has 0 aromatic heterocycles. The second-order valence-corrected chi connectivity index (χ2v) is 6.74. The molecule has 0 radical (unpaired) electrons. The highest BCUT2D eigenvalue weighted by Crippen LogP contribution is 2.36. The molecule has 0 saturated heterocycles. The summed E-state index contributed by atoms with van der Waals surface area (Å²) in [7, 11) is 1.29. The summed E-state index contributed by atoms with van der Waals surface area (Å²) in [6.45, 7) is 5.72. The van der Waals surface area contributed by atoms with Crippen LogP contribution in [0.15, 0.2) is 78.0 Å². The zero-order valence-electron chi connectivity index (χ0n) is 16.1. The first-order chi connectivity index (χ1) is 14.0. The molecule has 1 aliphatic heterocycles. The molecule has 0 bridgehead atoms. The Morgan fingerprint density at radius 1 is 1.21 bits per heavy atom. The zero-order chi connectivity index (χ0) is 21.0. The average molecular weight is 410 g/mol. The number of esters is 1. The number of carbonyl (C=O) groups is 2. The number of rotatable bonds is 6. The van der Waals surface area contributed by atoms with Gasteiger partial charge in [-0.05, 0) is 48.9 Å². The smallest absolute Gasteiger partial charge is 0.340 e. The van der Waals surface area contributed by atoms with Gasteiger partial charge in [0.15, 0.2) is 0 Å². The molecule has 29 heavy (non-hydrogen) atoms. The van der Waals surface area contributed by atoms with Crippen LogP contribution in [0.3, 0.4) is 0 Å². The minimum Gasteiger partial charge on any atom is -0.490 e. The van der Waals surface area contributed by atoms with E-state index in [0.717, 1.165) is 5.56 Å². The second kappa shape index (κ2) is 8.80. The monoisotopic (exact) mass is 409 g/mol. The summed E-state index contributed by atoms with van der Waals surface area (Å²) in [6.07, 6.45) is 3.33. The first kappa shape index (κ1) is 20.4. The molecule has 5 nitrogen and oxygen atoms in total. The number of halogens is 1. The molecule has 2 aromatic carbocycles. The summed E-state index contributed by atoms with van der Waals surface area (Å²) in [4.78, 5) is 27.1. The van der Waals surface area contributed by atoms with E-state index in [1.165, 1.54) is 12.0 Å². The fraction of sp³-hybridized carbons (Fsp3) is 0.130. The summed E-state index contributed by atoms with van der Waals surface area (Å²) in [6, 6.07) is 14.1. The Morgan fingerprint density at radius 2 is 1.93 bits per heavy atom. The lowest BCUT2D eigenvalue weighted by Gasteiger charge is -2.18. The van der Waals surface area contributed by atoms with Gasteiger partial charge in [-0.1, -0.05) is 42.5 Å². The van der Waals surface area contributed by atoms with Gasteiger partial charge in [0.1, 0.15) is 12.4 Å². The van der Waals surface area contributed by atoms with Crippen LogP contribution < -0.4 is 9.64 Å². The summed E-state index contributed by atoms with van der Waals surface area (Å²) < 4.78 is 10.4. The number of carbonyl (C=O) groups excluding carboxylic acids is 2. The predicted molar refractivity (Wildman–Crippen MR) is 114 cm³/mol. The van der Waals surface area contributed by atoms with Crippen molar-refractivity contribution in [3.63, 3.8) is 0 Å². The highest BCUT2D eigenvalue weighted by Gasteiger charge is 2.37. The van der Waals surface area contributed by atoms with Gasteiger partial charge in [0, 0.05) is 10.7 Å². The van der Waals surface area contributed by atoms with E-state index in [2.05, 4.69) is 6.58 Å². The summed E-state index contributed by atoms with van der Waals surface area (Å²) in [5.41, 5.74) is 2.30. The number of methoxy groups -OCH3 is 1. The van der Waals surface area contributed by atoms with Crippen molar-refractivity contribution in [2.24, 2.45) is 0 Å². The number of allylic oxidation sites excluding steroid dienone is 1. The van der Waals surface area contributed by atoms with Crippen LogP contribution in [0.25, 0.3) is 6.08 Å². The van der Waals surface area contributed by atoms with Crippen LogP contribution in [0.2, 0.25) is 5.02 Å². The molecule has 0 atom stereocenters. The van der Waals surface area contributed by atoms with Gasteiger partial charge < -0.3 is 9.47 Å². The Kier molecular flexibility index (Phi) is 6.20. The number of nitrogens with zero attached hydrogens (tertiary/aromatic N) is 1. The van der Waals surface area contributed by atoms with Gasteiger partial charge in [0.05, 0.1) is 23.9 Å². The summed E-state index contributed by atoms with van der Waals surface area (Å²) in [5, 5.41) is 0.496. The molecule has 3 rings (SSSR count). The van der Waals surface area contributed by atoms with Crippen LogP contribution in [0, 0.1) is 0 Å². The number of ether oxygens (including phenoxy) is 2. The van der Waals surface area contributed by atoms with E-state index in [1.54, 1.807) is 55.5 Å². The lowest BCUT2D eigenvalue weighted by molar-refractivity contribution is -0.136. The molecule has 0 saturated carbocycles. The molecule has 0 unspecified atom stereocenters. The normalized spacial score (nSPS) is 15.1. The topological polar surface area (TPSA) is 55.8 Å². The van der Waals surface area contributed by atoms with Gasteiger partial charge in [0.25, 0.3) is 5.91 Å². The molecule has 0 fully saturated rings. The molecular formula is C23H20ClNO4. The molecule has 1 aliphatic rings. The van der Waals surface area contributed by atoms with Gasteiger partial charge in [-0.3, -0.25) is 9.69 Å². The zero-order valence-corrected chi connectivity index (χ0v) is 16.9. The van der Waals surface area contributed by atoms with Crippen LogP contribution in [-0.2, 0) is 14.3 Å². The van der Waals surface area contributed by atoms with Gasteiger partial charge in [0.2, 0.25) is 0 Å². The predicted octanol–water partition coefficient (Wildman–Crippen LogP) is 4.78. The van der Waals surface area contributed by atoms with Crippen molar-refractivity contribution >= 4 is 35.2 Å². The minimum absolute atomic E-state index is 0.226. The second-order valence-electron chi connectivity index (χ2n) is 6.30. The number of hydrogen-bond acceptors (Lipinski definition) is 4. The molecule has 0 spiro atoms. The third-order valence-electron chi connectivity index (χ3n) is 4.41. The lowest BCUT2D eigenvalue weighted by atomic mass is 10.0. The largest absolute Gasteiger partial charge is 0.490 e. The maximum absolute atomic E-state index is 13.2. The Hall–Kier alpha value is -3.31. The number of amides is 1. The quantitative estimate of drug-likeness (QED) is 0.391. The molecule has 0 N–H and O–H groups in total. The highest BCUT2D eigenvalue weighted by atomic mass is 35.5. The fourth-order valence-electron chi connectivity index (χ4n) is 3.09. The number of anilines is 1. The summed E-state index contributed by atoms with van der Waals surface area (Å²) in [5.74, 6) is -0.208. The van der Waals surface area contributed by atoms with E-state index in [9.17, 15) is 9.59 Å². The Morgan fingerprint density at radius 3 is 2.55 bits per heavy atom. The highest BCUT2D eigenvalue weighted by molar-refractivity contribution is 6.31. The third-order valence-corrected chi connectivity index (χ3v) is 4.65. The van der Waals surface area contributed by atoms with Crippen LogP contribution in [-0.4, -0.2) is 25.6 Å². The maximum Gasteiger partial charge on any atom is 0.340 e. The van der Waals surface area contributed by atoms with Crippen LogP contribution in [0.1, 0.15) is 12.5 Å². The molecule has 6 heteroatoms. The average Bonchev–Trinajstić information content (AvgIpc) is 2.96. The van der Waals surface area contributed by atoms with Gasteiger partial charge >= 0.3 is 5.97 Å². The van der Waals surface area contributed by atoms with E-state index in [4.69, 9.17) is 21.1 Å². The SMILES string of the molecule is C=CCOc1ccc(/C=C2/C(=O)N(c3cccc(Cl)c3)C(C)=C2C(=O)OC)cc1. The van der Waals surface area contributed by atoms with Crippen LogP contribution in [0.5, 0.6) is 5.75 Å². The first-order valence-electron chi connectivity index (χ1n) is 8.91. The molecule has 0 aliphatic carbocycles. The molecular weight excluding hydrogens is 390 g/mol. The standard InChI is InChI=1S/C23H20ClNO4/c1-4-12-29-19-10-8-16(9-11-19)13-20-21(23(27)28-3)15(2)25(22(20)26)18-7-5-6-17(24)14-18/h4-11,13-14H,1,12H2,2-3H3/b20-13+. The third kappa shape index (κ3) is 4.25. The Labute approximate surface area is 174 Å². The van der Waals surface area contributed by atoms with Crippen LogP contribution in [0.4, 0.5) is 5.69 Å². The molecule has 148 valence electrons. The lowest BCUT2D eigenvalue weighted by Crippen LogP contribution is -2.24. The Bertz CT molecular complexity index is 1020. The van der Waals surface area contributed by atoms with Crippen molar-refractivity contribution in [3.8, 4) is 5.75 Å². The van der Waals surface area contributed by atoms with Crippen molar-refractivity contribution in [1.82, 2.24) is 0 Å². The first-order valence-corrected chi connectivity index (χ1v) is 9.29. The fourth-order valence-corrected chi connectivity index (χ4v) is 3.27.